The minimum absolute atomic E-state index is 0.0188. The summed E-state index contributed by atoms with van der Waals surface area (Å²) in [6.45, 7) is 6.63. The van der Waals surface area contributed by atoms with Gasteiger partial charge in [0.25, 0.3) is 5.91 Å². The lowest BCUT2D eigenvalue weighted by molar-refractivity contribution is -0.112. The molecule has 0 spiro atoms. The fourth-order valence-corrected chi connectivity index (χ4v) is 4.18. The molecular weight excluding hydrogens is 464 g/mol. The van der Waals surface area contributed by atoms with E-state index in [0.717, 1.165) is 15.8 Å². The van der Waals surface area contributed by atoms with Crippen LogP contribution in [0.25, 0.3) is 6.08 Å². The van der Waals surface area contributed by atoms with E-state index in [-0.39, 0.29) is 5.57 Å². The second kappa shape index (κ2) is 10.8. The first-order chi connectivity index (χ1) is 15.4. The van der Waals surface area contributed by atoms with Gasteiger partial charge in [0, 0.05) is 22.1 Å². The lowest BCUT2D eigenvalue weighted by atomic mass is 9.98. The Balaban J connectivity index is 1.93. The Morgan fingerprint density at radius 2 is 1.78 bits per heavy atom. The predicted octanol–water partition coefficient (Wildman–Crippen LogP) is 6.60. The van der Waals surface area contributed by atoms with Crippen molar-refractivity contribution in [3.05, 3.63) is 98.5 Å². The molecule has 0 aliphatic heterocycles. The number of para-hydroxylation sites is 1. The number of hydrogen-bond acceptors (Lipinski definition) is 3. The van der Waals surface area contributed by atoms with Crippen molar-refractivity contribution in [2.75, 3.05) is 11.9 Å². The number of benzene rings is 3. The van der Waals surface area contributed by atoms with Gasteiger partial charge in [-0.05, 0) is 62.2 Å². The quantitative estimate of drug-likeness (QED) is 0.300. The number of rotatable bonds is 7. The van der Waals surface area contributed by atoms with E-state index in [1.165, 1.54) is 16.7 Å². The molecule has 162 valence electrons. The van der Waals surface area contributed by atoms with Gasteiger partial charge in [-0.2, -0.15) is 5.26 Å². The molecule has 0 saturated carbocycles. The number of anilines is 1. The first-order valence-corrected chi connectivity index (χ1v) is 11.2. The number of hydrogen-bond donors (Lipinski definition) is 1. The molecule has 0 aromatic heterocycles. The third kappa shape index (κ3) is 6.09. The number of nitriles is 1. The molecule has 0 heterocycles. The fourth-order valence-electron chi connectivity index (χ4n) is 3.58. The number of nitrogens with one attached hydrogen (secondary N) is 1. The third-order valence-electron chi connectivity index (χ3n) is 4.85. The zero-order valence-corrected chi connectivity index (χ0v) is 20.0. The Hall–Kier alpha value is -3.36. The summed E-state index contributed by atoms with van der Waals surface area (Å²) in [6, 6.07) is 21.3. The van der Waals surface area contributed by atoms with Crippen LogP contribution in [0.2, 0.25) is 0 Å². The summed E-state index contributed by atoms with van der Waals surface area (Å²) in [5.41, 5.74) is 6.04. The molecule has 0 bridgehead atoms. The average molecular weight is 489 g/mol. The van der Waals surface area contributed by atoms with Crippen LogP contribution >= 0.6 is 15.9 Å². The third-order valence-corrected chi connectivity index (χ3v) is 5.55. The van der Waals surface area contributed by atoms with Crippen LogP contribution in [-0.2, 0) is 11.2 Å². The van der Waals surface area contributed by atoms with Gasteiger partial charge in [0.2, 0.25) is 0 Å². The van der Waals surface area contributed by atoms with E-state index in [2.05, 4.69) is 53.3 Å². The normalized spacial score (nSPS) is 11.0. The van der Waals surface area contributed by atoms with Gasteiger partial charge >= 0.3 is 0 Å². The van der Waals surface area contributed by atoms with Crippen molar-refractivity contribution in [3.8, 4) is 11.8 Å². The fraction of sp³-hybridized carbons (Fsp3) is 0.185. The number of nitrogens with zero attached hydrogens (tertiary/aromatic N) is 1. The monoisotopic (exact) mass is 488 g/mol. The van der Waals surface area contributed by atoms with E-state index in [0.29, 0.717) is 24.3 Å². The van der Waals surface area contributed by atoms with Crippen LogP contribution in [0.15, 0.2) is 70.7 Å². The van der Waals surface area contributed by atoms with E-state index >= 15 is 0 Å². The molecule has 1 N–H and O–H groups in total. The van der Waals surface area contributed by atoms with Gasteiger partial charge in [-0.1, -0.05) is 63.5 Å². The molecule has 5 heteroatoms. The smallest absolute Gasteiger partial charge is 0.266 e. The molecule has 3 aromatic rings. The zero-order valence-electron chi connectivity index (χ0n) is 18.4. The highest BCUT2D eigenvalue weighted by molar-refractivity contribution is 9.10. The number of ether oxygens (including phenoxy) is 1. The first-order valence-electron chi connectivity index (χ1n) is 10.4. The van der Waals surface area contributed by atoms with Crippen LogP contribution in [0.4, 0.5) is 5.69 Å². The number of amides is 1. The van der Waals surface area contributed by atoms with Crippen molar-refractivity contribution < 1.29 is 9.53 Å². The Morgan fingerprint density at radius 1 is 1.09 bits per heavy atom. The van der Waals surface area contributed by atoms with E-state index in [9.17, 15) is 10.1 Å². The number of aryl methyl sites for hydroxylation is 2. The van der Waals surface area contributed by atoms with Gasteiger partial charge in [0.15, 0.2) is 0 Å². The van der Waals surface area contributed by atoms with E-state index in [4.69, 9.17) is 4.74 Å². The molecule has 0 unspecified atom stereocenters. The van der Waals surface area contributed by atoms with Crippen molar-refractivity contribution >= 4 is 33.6 Å². The van der Waals surface area contributed by atoms with Crippen molar-refractivity contribution in [2.24, 2.45) is 0 Å². The van der Waals surface area contributed by atoms with Crippen molar-refractivity contribution in [2.45, 2.75) is 27.2 Å². The molecule has 3 rings (SSSR count). The number of carbonyl (C=O) groups is 1. The topological polar surface area (TPSA) is 62.1 Å². The van der Waals surface area contributed by atoms with Gasteiger partial charge in [0.1, 0.15) is 17.4 Å². The standard InChI is InChI=1S/C27H25BrN2O2/c1-4-32-26-16-21(13-22(17-29)27(31)30-23-8-6-5-7-9-23)15-25(28)24(26)14-20-11-18(2)10-19(3)12-20/h5-13,15-16H,4,14H2,1-3H3,(H,30,31)/b22-13+. The molecule has 0 saturated heterocycles. The SMILES string of the molecule is CCOc1cc(/C=C(\C#N)C(=O)Nc2ccccc2)cc(Br)c1Cc1cc(C)cc(C)c1. The summed E-state index contributed by atoms with van der Waals surface area (Å²) in [5, 5.41) is 12.3. The summed E-state index contributed by atoms with van der Waals surface area (Å²) in [4.78, 5) is 12.6. The van der Waals surface area contributed by atoms with Gasteiger partial charge < -0.3 is 10.1 Å². The van der Waals surface area contributed by atoms with Gasteiger partial charge in [-0.3, -0.25) is 4.79 Å². The van der Waals surface area contributed by atoms with E-state index < -0.39 is 5.91 Å². The van der Waals surface area contributed by atoms with Crippen LogP contribution in [0, 0.1) is 25.2 Å². The van der Waals surface area contributed by atoms with Crippen LogP contribution in [0.5, 0.6) is 5.75 Å². The maximum absolute atomic E-state index is 12.6. The largest absolute Gasteiger partial charge is 0.494 e. The molecule has 0 aliphatic carbocycles. The highest BCUT2D eigenvalue weighted by Crippen LogP contribution is 2.32. The van der Waals surface area contributed by atoms with Crippen molar-refractivity contribution in [3.63, 3.8) is 0 Å². The zero-order chi connectivity index (χ0) is 23.1. The molecule has 0 atom stereocenters. The molecule has 32 heavy (non-hydrogen) atoms. The Labute approximate surface area is 197 Å². The molecule has 1 amide bonds. The van der Waals surface area contributed by atoms with E-state index in [1.807, 2.05) is 43.3 Å². The summed E-state index contributed by atoms with van der Waals surface area (Å²) >= 11 is 3.67. The van der Waals surface area contributed by atoms with Crippen LogP contribution in [0.1, 0.15) is 34.7 Å². The first kappa shape index (κ1) is 23.3. The van der Waals surface area contributed by atoms with Crippen molar-refractivity contribution in [1.82, 2.24) is 0 Å². The summed E-state index contributed by atoms with van der Waals surface area (Å²) in [7, 11) is 0. The summed E-state index contributed by atoms with van der Waals surface area (Å²) in [5.74, 6) is 0.278. The second-order valence-electron chi connectivity index (χ2n) is 7.58. The number of carbonyl (C=O) groups excluding carboxylic acids is 1. The Kier molecular flexibility index (Phi) is 7.86. The van der Waals surface area contributed by atoms with Gasteiger partial charge in [0.05, 0.1) is 6.61 Å². The Bertz CT molecular complexity index is 1170. The Morgan fingerprint density at radius 3 is 2.41 bits per heavy atom. The molecule has 0 aliphatic rings. The maximum Gasteiger partial charge on any atom is 0.266 e. The molecule has 0 radical (unpaired) electrons. The van der Waals surface area contributed by atoms with Crippen LogP contribution < -0.4 is 10.1 Å². The lowest BCUT2D eigenvalue weighted by Crippen LogP contribution is -2.13. The summed E-state index contributed by atoms with van der Waals surface area (Å²) in [6.07, 6.45) is 2.29. The predicted molar refractivity (Wildman–Crippen MR) is 133 cm³/mol. The van der Waals surface area contributed by atoms with Crippen molar-refractivity contribution in [1.29, 1.82) is 5.26 Å². The molecule has 3 aromatic carbocycles. The molecular formula is C27H25BrN2O2. The van der Waals surface area contributed by atoms with Gasteiger partial charge in [-0.25, -0.2) is 0 Å². The van der Waals surface area contributed by atoms with Crippen LogP contribution in [0.3, 0.4) is 0 Å². The van der Waals surface area contributed by atoms with Crippen LogP contribution in [-0.4, -0.2) is 12.5 Å². The summed E-state index contributed by atoms with van der Waals surface area (Å²) < 4.78 is 6.79. The molecule has 4 nitrogen and oxygen atoms in total. The maximum atomic E-state index is 12.6. The van der Waals surface area contributed by atoms with Gasteiger partial charge in [-0.15, -0.1) is 0 Å². The minimum atomic E-state index is -0.452. The average Bonchev–Trinajstić information content (AvgIpc) is 2.74. The second-order valence-corrected chi connectivity index (χ2v) is 8.43. The molecule has 0 fully saturated rings. The van der Waals surface area contributed by atoms with E-state index in [1.54, 1.807) is 18.2 Å². The number of halogens is 1. The minimum Gasteiger partial charge on any atom is -0.494 e. The highest BCUT2D eigenvalue weighted by atomic mass is 79.9. The highest BCUT2D eigenvalue weighted by Gasteiger charge is 2.14. The lowest BCUT2D eigenvalue weighted by Gasteiger charge is -2.15.